The Hall–Kier alpha value is -1.07. The van der Waals surface area contributed by atoms with Crippen molar-refractivity contribution in [1.82, 2.24) is 15.1 Å². The molecule has 19 heavy (non-hydrogen) atoms. The molecule has 1 atom stereocenters. The minimum absolute atomic E-state index is 0.0862. The Morgan fingerprint density at radius 1 is 1.58 bits per heavy atom. The number of ether oxygens (including phenoxy) is 1. The van der Waals surface area contributed by atoms with E-state index in [4.69, 9.17) is 16.3 Å². The van der Waals surface area contributed by atoms with Gasteiger partial charge in [0.05, 0.1) is 23.0 Å². The summed E-state index contributed by atoms with van der Waals surface area (Å²) < 4.78 is 7.08. The van der Waals surface area contributed by atoms with Gasteiger partial charge in [-0.1, -0.05) is 11.6 Å². The molecular weight excluding hydrogens is 266 g/mol. The molecule has 0 spiro atoms. The molecule has 1 aliphatic rings. The normalized spacial score (nSPS) is 18.8. The maximum Gasteiger partial charge on any atom is 0.220 e. The van der Waals surface area contributed by atoms with E-state index in [9.17, 15) is 4.79 Å². The van der Waals surface area contributed by atoms with Crippen molar-refractivity contribution >= 4 is 17.5 Å². The molecule has 5 nitrogen and oxygen atoms in total. The lowest BCUT2D eigenvalue weighted by Gasteiger charge is -2.09. The number of carbonyl (C=O) groups excluding carboxylic acids is 1. The van der Waals surface area contributed by atoms with E-state index in [1.165, 1.54) is 0 Å². The number of nitrogens with zero attached hydrogens (tertiary/aromatic N) is 2. The first-order chi connectivity index (χ1) is 9.08. The minimum atomic E-state index is 0.0862. The fraction of sp³-hybridized carbons (Fsp3) is 0.692. The van der Waals surface area contributed by atoms with Crippen molar-refractivity contribution in [3.8, 4) is 0 Å². The number of aryl methyl sites for hydroxylation is 1. The van der Waals surface area contributed by atoms with E-state index in [2.05, 4.69) is 10.4 Å². The third-order valence-corrected chi connectivity index (χ3v) is 3.98. The third kappa shape index (κ3) is 3.70. The maximum absolute atomic E-state index is 11.7. The first-order valence-electron chi connectivity index (χ1n) is 6.62. The van der Waals surface area contributed by atoms with Crippen molar-refractivity contribution in [3.63, 3.8) is 0 Å². The standard InChI is InChI=1S/C13H20ClN3O2/c1-9-13(14)10(2)17(16-9)5-4-15-12(18)7-11-3-6-19-8-11/h11H,3-8H2,1-2H3,(H,15,18). The molecule has 0 aliphatic carbocycles. The van der Waals surface area contributed by atoms with Gasteiger partial charge < -0.3 is 10.1 Å². The Bertz CT molecular complexity index is 453. The lowest BCUT2D eigenvalue weighted by Crippen LogP contribution is -2.29. The van der Waals surface area contributed by atoms with Crippen molar-refractivity contribution in [2.24, 2.45) is 5.92 Å². The van der Waals surface area contributed by atoms with Gasteiger partial charge >= 0.3 is 0 Å². The van der Waals surface area contributed by atoms with Gasteiger partial charge in [0, 0.05) is 26.2 Å². The second-order valence-corrected chi connectivity index (χ2v) is 5.37. The first-order valence-corrected chi connectivity index (χ1v) is 6.99. The smallest absolute Gasteiger partial charge is 0.220 e. The Labute approximate surface area is 118 Å². The van der Waals surface area contributed by atoms with Gasteiger partial charge in [-0.15, -0.1) is 0 Å². The quantitative estimate of drug-likeness (QED) is 0.896. The highest BCUT2D eigenvalue weighted by Crippen LogP contribution is 2.18. The largest absolute Gasteiger partial charge is 0.381 e. The Balaban J connectivity index is 1.73. The molecule has 1 N–H and O–H groups in total. The average molecular weight is 286 g/mol. The molecule has 1 aromatic heterocycles. The summed E-state index contributed by atoms with van der Waals surface area (Å²) in [5, 5.41) is 7.94. The van der Waals surface area contributed by atoms with Crippen molar-refractivity contribution in [2.75, 3.05) is 19.8 Å². The van der Waals surface area contributed by atoms with Crippen molar-refractivity contribution in [1.29, 1.82) is 0 Å². The van der Waals surface area contributed by atoms with E-state index in [1.54, 1.807) is 0 Å². The fourth-order valence-corrected chi connectivity index (χ4v) is 2.41. The van der Waals surface area contributed by atoms with Crippen LogP contribution < -0.4 is 5.32 Å². The molecule has 1 fully saturated rings. The second-order valence-electron chi connectivity index (χ2n) is 4.99. The highest BCUT2D eigenvalue weighted by molar-refractivity contribution is 6.31. The van der Waals surface area contributed by atoms with Crippen LogP contribution in [0.4, 0.5) is 0 Å². The monoisotopic (exact) mass is 285 g/mol. The van der Waals surface area contributed by atoms with E-state index in [0.717, 1.165) is 24.4 Å². The molecule has 0 radical (unpaired) electrons. The highest BCUT2D eigenvalue weighted by atomic mass is 35.5. The number of amides is 1. The molecule has 1 aromatic rings. The predicted octanol–water partition coefficient (Wildman–Crippen LogP) is 1.70. The topological polar surface area (TPSA) is 56.2 Å². The summed E-state index contributed by atoms with van der Waals surface area (Å²) in [5.74, 6) is 0.464. The van der Waals surface area contributed by atoms with Crippen LogP contribution in [0.5, 0.6) is 0 Å². The Morgan fingerprint density at radius 3 is 2.95 bits per heavy atom. The van der Waals surface area contributed by atoms with Crippen LogP contribution in [-0.4, -0.2) is 35.4 Å². The summed E-state index contributed by atoms with van der Waals surface area (Å²) in [4.78, 5) is 11.7. The van der Waals surface area contributed by atoms with E-state index < -0.39 is 0 Å². The summed E-state index contributed by atoms with van der Waals surface area (Å²) >= 11 is 6.07. The number of carbonyl (C=O) groups is 1. The van der Waals surface area contributed by atoms with E-state index in [0.29, 0.717) is 37.1 Å². The summed E-state index contributed by atoms with van der Waals surface area (Å²) in [5.41, 5.74) is 1.77. The summed E-state index contributed by atoms with van der Waals surface area (Å²) in [6, 6.07) is 0. The van der Waals surface area contributed by atoms with Crippen LogP contribution in [0.25, 0.3) is 0 Å². The van der Waals surface area contributed by atoms with Crippen LogP contribution >= 0.6 is 11.6 Å². The second kappa shape index (κ2) is 6.39. The number of aromatic nitrogens is 2. The molecule has 0 saturated carbocycles. The van der Waals surface area contributed by atoms with Gasteiger partial charge in [0.25, 0.3) is 0 Å². The zero-order valence-corrected chi connectivity index (χ0v) is 12.2. The number of rotatable bonds is 5. The lowest BCUT2D eigenvalue weighted by molar-refractivity contribution is -0.122. The maximum atomic E-state index is 11.7. The molecule has 2 rings (SSSR count). The zero-order valence-electron chi connectivity index (χ0n) is 11.4. The van der Waals surface area contributed by atoms with Crippen LogP contribution in [0.1, 0.15) is 24.2 Å². The number of hydrogen-bond acceptors (Lipinski definition) is 3. The molecule has 1 saturated heterocycles. The van der Waals surface area contributed by atoms with Gasteiger partial charge in [-0.25, -0.2) is 0 Å². The SMILES string of the molecule is Cc1nn(CCNC(=O)CC2CCOC2)c(C)c1Cl. The molecule has 6 heteroatoms. The molecule has 0 aromatic carbocycles. The van der Waals surface area contributed by atoms with Crippen molar-refractivity contribution in [2.45, 2.75) is 33.2 Å². The minimum Gasteiger partial charge on any atom is -0.381 e. The van der Waals surface area contributed by atoms with Gasteiger partial charge in [-0.2, -0.15) is 5.10 Å². The van der Waals surface area contributed by atoms with Gasteiger partial charge in [-0.3, -0.25) is 9.48 Å². The predicted molar refractivity (Wildman–Crippen MR) is 73.3 cm³/mol. The average Bonchev–Trinajstić information content (AvgIpc) is 2.95. The van der Waals surface area contributed by atoms with E-state index in [1.807, 2.05) is 18.5 Å². The first kappa shape index (κ1) is 14.3. The van der Waals surface area contributed by atoms with Gasteiger partial charge in [0.2, 0.25) is 5.91 Å². The summed E-state index contributed by atoms with van der Waals surface area (Å²) in [6.07, 6.45) is 1.54. The number of nitrogens with one attached hydrogen (secondary N) is 1. The molecule has 1 unspecified atom stereocenters. The third-order valence-electron chi connectivity index (χ3n) is 3.44. The summed E-state index contributed by atoms with van der Waals surface area (Å²) in [7, 11) is 0. The van der Waals surface area contributed by atoms with Crippen LogP contribution in [0, 0.1) is 19.8 Å². The molecule has 1 amide bonds. The zero-order chi connectivity index (χ0) is 13.8. The molecular formula is C13H20ClN3O2. The van der Waals surface area contributed by atoms with Gasteiger partial charge in [0.1, 0.15) is 0 Å². The molecule has 0 bridgehead atoms. The van der Waals surface area contributed by atoms with Crippen LogP contribution in [-0.2, 0) is 16.1 Å². The van der Waals surface area contributed by atoms with Gasteiger partial charge in [-0.05, 0) is 26.2 Å². The molecule has 1 aliphatic heterocycles. The van der Waals surface area contributed by atoms with Crippen LogP contribution in [0.15, 0.2) is 0 Å². The lowest BCUT2D eigenvalue weighted by atomic mass is 10.1. The molecule has 2 heterocycles. The number of hydrogen-bond donors (Lipinski definition) is 1. The Kier molecular flexibility index (Phi) is 4.82. The Morgan fingerprint density at radius 2 is 2.37 bits per heavy atom. The van der Waals surface area contributed by atoms with E-state index >= 15 is 0 Å². The van der Waals surface area contributed by atoms with Gasteiger partial charge in [0.15, 0.2) is 0 Å². The van der Waals surface area contributed by atoms with Crippen molar-refractivity contribution < 1.29 is 9.53 Å². The van der Waals surface area contributed by atoms with E-state index in [-0.39, 0.29) is 5.91 Å². The highest BCUT2D eigenvalue weighted by Gasteiger charge is 2.18. The van der Waals surface area contributed by atoms with Crippen molar-refractivity contribution in [3.05, 3.63) is 16.4 Å². The van der Waals surface area contributed by atoms with Crippen LogP contribution in [0.3, 0.4) is 0 Å². The number of halogens is 1. The fourth-order valence-electron chi connectivity index (χ4n) is 2.27. The van der Waals surface area contributed by atoms with Crippen LogP contribution in [0.2, 0.25) is 5.02 Å². The molecule has 106 valence electrons. The summed E-state index contributed by atoms with van der Waals surface area (Å²) in [6.45, 7) is 6.52.